The van der Waals surface area contributed by atoms with Gasteiger partial charge in [-0.25, -0.2) is 13.1 Å². The molecule has 0 saturated carbocycles. The summed E-state index contributed by atoms with van der Waals surface area (Å²) in [5, 5.41) is 0.135. The zero-order valence-electron chi connectivity index (χ0n) is 11.2. The van der Waals surface area contributed by atoms with Crippen molar-refractivity contribution in [1.82, 2.24) is 4.72 Å². The van der Waals surface area contributed by atoms with Gasteiger partial charge in [-0.3, -0.25) is 0 Å². The summed E-state index contributed by atoms with van der Waals surface area (Å²) >= 11 is 7.64. The second kappa shape index (κ2) is 5.61. The topological polar surface area (TPSA) is 72.2 Å². The van der Waals surface area contributed by atoms with Crippen LogP contribution >= 0.6 is 22.9 Å². The monoisotopic (exact) mass is 342 g/mol. The van der Waals surface area contributed by atoms with Gasteiger partial charge in [-0.15, -0.1) is 11.3 Å². The first-order valence-corrected chi connectivity index (χ1v) is 9.28. The first-order chi connectivity index (χ1) is 9.95. The zero-order valence-corrected chi connectivity index (χ0v) is 13.6. The molecule has 0 unspecified atom stereocenters. The molecule has 0 spiro atoms. The van der Waals surface area contributed by atoms with Crippen molar-refractivity contribution in [3.8, 4) is 0 Å². The Morgan fingerprint density at radius 1 is 1.29 bits per heavy atom. The molecule has 1 aromatic heterocycles. The van der Waals surface area contributed by atoms with Crippen molar-refractivity contribution in [2.45, 2.75) is 30.7 Å². The number of thiophene rings is 1. The van der Waals surface area contributed by atoms with Crippen LogP contribution in [0.4, 0.5) is 5.69 Å². The summed E-state index contributed by atoms with van der Waals surface area (Å²) in [5.74, 6) is 0. The predicted molar refractivity (Wildman–Crippen MR) is 86.2 cm³/mol. The van der Waals surface area contributed by atoms with Gasteiger partial charge in [0, 0.05) is 22.0 Å². The standard InChI is InChI=1S/C14H15ClN2O2S2/c15-12-7-10(16)4-5-14(12)21(18,19)17-8-11-6-9-2-1-3-13(9)20-11/h4-7,17H,1-3,8,16H2. The maximum atomic E-state index is 12.3. The third kappa shape index (κ3) is 3.08. The maximum absolute atomic E-state index is 12.3. The quantitative estimate of drug-likeness (QED) is 0.839. The van der Waals surface area contributed by atoms with Crippen molar-refractivity contribution >= 4 is 38.6 Å². The molecule has 3 N–H and O–H groups in total. The van der Waals surface area contributed by atoms with E-state index in [2.05, 4.69) is 10.8 Å². The zero-order chi connectivity index (χ0) is 15.0. The van der Waals surface area contributed by atoms with E-state index in [0.717, 1.165) is 17.7 Å². The van der Waals surface area contributed by atoms with Crippen LogP contribution in [0.3, 0.4) is 0 Å². The normalized spacial score (nSPS) is 14.3. The van der Waals surface area contributed by atoms with Gasteiger partial charge >= 0.3 is 0 Å². The second-order valence-electron chi connectivity index (χ2n) is 5.03. The van der Waals surface area contributed by atoms with E-state index in [-0.39, 0.29) is 9.92 Å². The highest BCUT2D eigenvalue weighted by Gasteiger charge is 2.19. The summed E-state index contributed by atoms with van der Waals surface area (Å²) in [7, 11) is -3.63. The van der Waals surface area contributed by atoms with Crippen molar-refractivity contribution in [3.05, 3.63) is 44.6 Å². The Labute approximate surface area is 133 Å². The number of rotatable bonds is 4. The second-order valence-corrected chi connectivity index (χ2v) is 8.39. The minimum absolute atomic E-state index is 0.0578. The van der Waals surface area contributed by atoms with Gasteiger partial charge in [0.15, 0.2) is 0 Å². The van der Waals surface area contributed by atoms with Crippen LogP contribution < -0.4 is 10.5 Å². The molecule has 1 heterocycles. The van der Waals surface area contributed by atoms with Crippen LogP contribution in [0, 0.1) is 0 Å². The third-order valence-electron chi connectivity index (χ3n) is 3.48. The van der Waals surface area contributed by atoms with Gasteiger partial charge in [0.1, 0.15) is 4.90 Å². The number of sulfonamides is 1. The van der Waals surface area contributed by atoms with Crippen molar-refractivity contribution in [3.63, 3.8) is 0 Å². The lowest BCUT2D eigenvalue weighted by molar-refractivity contribution is 0.582. The molecule has 0 atom stereocenters. The lowest BCUT2D eigenvalue weighted by atomic mass is 10.2. The molecule has 2 aromatic rings. The van der Waals surface area contributed by atoms with Crippen LogP contribution in [0.5, 0.6) is 0 Å². The summed E-state index contributed by atoms with van der Waals surface area (Å²) in [4.78, 5) is 2.48. The molecule has 1 aliphatic carbocycles. The fourth-order valence-corrected chi connectivity index (χ4v) is 5.31. The molecule has 0 amide bonds. The third-order valence-corrected chi connectivity index (χ3v) is 6.60. The van der Waals surface area contributed by atoms with Crippen LogP contribution in [0.25, 0.3) is 0 Å². The van der Waals surface area contributed by atoms with Gasteiger partial charge < -0.3 is 5.73 Å². The number of fused-ring (bicyclic) bond motifs is 1. The van der Waals surface area contributed by atoms with E-state index < -0.39 is 10.0 Å². The molecule has 1 aliphatic rings. The molecule has 0 bridgehead atoms. The molecule has 112 valence electrons. The number of hydrogen-bond donors (Lipinski definition) is 2. The average molecular weight is 343 g/mol. The molecular formula is C14H15ClN2O2S2. The van der Waals surface area contributed by atoms with E-state index in [1.807, 2.05) is 0 Å². The Morgan fingerprint density at radius 3 is 2.81 bits per heavy atom. The number of nitrogens with two attached hydrogens (primary N) is 1. The van der Waals surface area contributed by atoms with Crippen LogP contribution in [-0.4, -0.2) is 8.42 Å². The van der Waals surface area contributed by atoms with E-state index in [4.69, 9.17) is 17.3 Å². The van der Waals surface area contributed by atoms with Crippen LogP contribution in [0.1, 0.15) is 21.7 Å². The van der Waals surface area contributed by atoms with Crippen LogP contribution in [-0.2, 0) is 29.4 Å². The van der Waals surface area contributed by atoms with Gasteiger partial charge in [-0.2, -0.15) is 0 Å². The summed E-state index contributed by atoms with van der Waals surface area (Å²) in [6.07, 6.45) is 3.41. The minimum atomic E-state index is -3.63. The van der Waals surface area contributed by atoms with Crippen molar-refractivity contribution in [2.24, 2.45) is 0 Å². The van der Waals surface area contributed by atoms with Gasteiger partial charge in [0.25, 0.3) is 0 Å². The SMILES string of the molecule is Nc1ccc(S(=O)(=O)NCc2cc3c(s2)CCC3)c(Cl)c1. The lowest BCUT2D eigenvalue weighted by Crippen LogP contribution is -2.23. The van der Waals surface area contributed by atoms with E-state index in [1.54, 1.807) is 11.3 Å². The molecule has 0 fully saturated rings. The number of anilines is 1. The molecule has 21 heavy (non-hydrogen) atoms. The molecule has 7 heteroatoms. The van der Waals surface area contributed by atoms with E-state index in [9.17, 15) is 8.42 Å². The predicted octanol–water partition coefficient (Wildman–Crippen LogP) is 2.95. The summed E-state index contributed by atoms with van der Waals surface area (Å²) in [6.45, 7) is 0.292. The molecule has 0 aliphatic heterocycles. The van der Waals surface area contributed by atoms with Crippen LogP contribution in [0.2, 0.25) is 5.02 Å². The highest BCUT2D eigenvalue weighted by molar-refractivity contribution is 7.89. The number of nitrogen functional groups attached to an aromatic ring is 1. The number of nitrogens with one attached hydrogen (secondary N) is 1. The molecule has 1 aromatic carbocycles. The smallest absolute Gasteiger partial charge is 0.242 e. The molecule has 0 saturated heterocycles. The Hall–Kier alpha value is -1.08. The first-order valence-electron chi connectivity index (χ1n) is 6.61. The van der Waals surface area contributed by atoms with E-state index in [1.165, 1.54) is 35.1 Å². The van der Waals surface area contributed by atoms with E-state index in [0.29, 0.717) is 12.2 Å². The van der Waals surface area contributed by atoms with Crippen LogP contribution in [0.15, 0.2) is 29.2 Å². The summed E-state index contributed by atoms with van der Waals surface area (Å²) < 4.78 is 27.2. The first kappa shape index (κ1) is 14.8. The van der Waals surface area contributed by atoms with Crippen molar-refractivity contribution in [1.29, 1.82) is 0 Å². The number of halogens is 1. The number of benzene rings is 1. The van der Waals surface area contributed by atoms with Gasteiger partial charge in [-0.05, 0) is 49.1 Å². The van der Waals surface area contributed by atoms with Gasteiger partial charge in [-0.1, -0.05) is 11.6 Å². The Balaban J connectivity index is 1.76. The number of aryl methyl sites for hydroxylation is 2. The molecule has 3 rings (SSSR count). The fourth-order valence-electron chi connectivity index (χ4n) is 2.46. The van der Waals surface area contributed by atoms with E-state index >= 15 is 0 Å². The number of hydrogen-bond acceptors (Lipinski definition) is 4. The fraction of sp³-hybridized carbons (Fsp3) is 0.286. The van der Waals surface area contributed by atoms with Crippen molar-refractivity contribution in [2.75, 3.05) is 5.73 Å². The van der Waals surface area contributed by atoms with Crippen molar-refractivity contribution < 1.29 is 8.42 Å². The summed E-state index contributed by atoms with van der Waals surface area (Å²) in [6, 6.07) is 6.49. The lowest BCUT2D eigenvalue weighted by Gasteiger charge is -2.08. The molecule has 4 nitrogen and oxygen atoms in total. The Morgan fingerprint density at radius 2 is 2.10 bits per heavy atom. The average Bonchev–Trinajstić information content (AvgIpc) is 2.96. The highest BCUT2D eigenvalue weighted by atomic mass is 35.5. The summed E-state index contributed by atoms with van der Waals surface area (Å²) in [5.41, 5.74) is 7.38. The largest absolute Gasteiger partial charge is 0.399 e. The highest BCUT2D eigenvalue weighted by Crippen LogP contribution is 2.31. The molecule has 0 radical (unpaired) electrons. The molecular weight excluding hydrogens is 328 g/mol. The minimum Gasteiger partial charge on any atom is -0.399 e. The maximum Gasteiger partial charge on any atom is 0.242 e. The Bertz CT molecular complexity index is 763. The van der Waals surface area contributed by atoms with Gasteiger partial charge in [0.2, 0.25) is 10.0 Å². The Kier molecular flexibility index (Phi) is 3.96. The van der Waals surface area contributed by atoms with Gasteiger partial charge in [0.05, 0.1) is 5.02 Å².